The lowest BCUT2D eigenvalue weighted by atomic mass is 10.1. The Morgan fingerprint density at radius 3 is 3.00 bits per heavy atom. The van der Waals surface area contributed by atoms with Gasteiger partial charge in [0.2, 0.25) is 5.91 Å². The van der Waals surface area contributed by atoms with Crippen LogP contribution >= 0.6 is 0 Å². The molecule has 24 heavy (non-hydrogen) atoms. The minimum absolute atomic E-state index is 0.0594. The van der Waals surface area contributed by atoms with Crippen molar-refractivity contribution in [2.45, 2.75) is 32.4 Å². The molecule has 0 aromatic carbocycles. The van der Waals surface area contributed by atoms with Crippen molar-refractivity contribution < 1.29 is 4.79 Å². The summed E-state index contributed by atoms with van der Waals surface area (Å²) in [7, 11) is 1.78. The normalized spacial score (nSPS) is 17.1. The van der Waals surface area contributed by atoms with Crippen LogP contribution in [0.25, 0.3) is 0 Å². The van der Waals surface area contributed by atoms with Gasteiger partial charge in [-0.05, 0) is 25.8 Å². The second-order valence-corrected chi connectivity index (χ2v) is 5.79. The van der Waals surface area contributed by atoms with Gasteiger partial charge >= 0.3 is 0 Å². The van der Waals surface area contributed by atoms with E-state index in [1.165, 1.54) is 10.7 Å². The van der Waals surface area contributed by atoms with Gasteiger partial charge in [-0.1, -0.05) is 0 Å². The fourth-order valence-corrected chi connectivity index (χ4v) is 2.92. The van der Waals surface area contributed by atoms with Crippen molar-refractivity contribution >= 4 is 11.7 Å². The maximum atomic E-state index is 12.7. The summed E-state index contributed by atoms with van der Waals surface area (Å²) in [6, 6.07) is 2.96. The number of hydrogen-bond donors (Lipinski definition) is 1. The first-order chi connectivity index (χ1) is 11.6. The van der Waals surface area contributed by atoms with E-state index in [-0.39, 0.29) is 24.1 Å². The fourth-order valence-electron chi connectivity index (χ4n) is 2.92. The van der Waals surface area contributed by atoms with E-state index < -0.39 is 0 Å². The van der Waals surface area contributed by atoms with Crippen LogP contribution in [0.15, 0.2) is 29.3 Å². The molecule has 0 radical (unpaired) electrons. The van der Waals surface area contributed by atoms with Crippen molar-refractivity contribution in [2.24, 2.45) is 0 Å². The molecule has 1 atom stereocenters. The lowest BCUT2D eigenvalue weighted by molar-refractivity contribution is -0.133. The number of rotatable bonds is 4. The summed E-state index contributed by atoms with van der Waals surface area (Å²) in [4.78, 5) is 35.0. The SMILES string of the molecule is CNc1cncc([C@H]2CCCN2C(=O)Cn2nc(C)ccc2=O)n1. The Morgan fingerprint density at radius 1 is 1.38 bits per heavy atom. The average molecular weight is 328 g/mol. The van der Waals surface area contributed by atoms with Gasteiger partial charge in [0.1, 0.15) is 12.4 Å². The van der Waals surface area contributed by atoms with Crippen molar-refractivity contribution in [2.75, 3.05) is 18.9 Å². The van der Waals surface area contributed by atoms with Crippen LogP contribution in [0.3, 0.4) is 0 Å². The largest absolute Gasteiger partial charge is 0.372 e. The predicted octanol–water partition coefficient (Wildman–Crippen LogP) is 0.747. The molecule has 8 nitrogen and oxygen atoms in total. The predicted molar refractivity (Wildman–Crippen MR) is 88.5 cm³/mol. The minimum Gasteiger partial charge on any atom is -0.372 e. The molecule has 126 valence electrons. The highest BCUT2D eigenvalue weighted by atomic mass is 16.2. The molecular weight excluding hydrogens is 308 g/mol. The Hall–Kier alpha value is -2.77. The molecule has 2 aromatic heterocycles. The van der Waals surface area contributed by atoms with Gasteiger partial charge < -0.3 is 10.2 Å². The number of hydrogen-bond acceptors (Lipinski definition) is 6. The molecule has 0 spiro atoms. The molecule has 8 heteroatoms. The highest BCUT2D eigenvalue weighted by Gasteiger charge is 2.31. The first-order valence-electron chi connectivity index (χ1n) is 7.92. The number of amides is 1. The number of carbonyl (C=O) groups is 1. The van der Waals surface area contributed by atoms with E-state index in [2.05, 4.69) is 20.4 Å². The Balaban J connectivity index is 1.80. The monoisotopic (exact) mass is 328 g/mol. The Kier molecular flexibility index (Phi) is 4.54. The van der Waals surface area contributed by atoms with Crippen LogP contribution in [-0.4, -0.2) is 44.1 Å². The lowest BCUT2D eigenvalue weighted by Crippen LogP contribution is -2.37. The molecule has 0 aliphatic carbocycles. The first kappa shape index (κ1) is 16.1. The zero-order chi connectivity index (χ0) is 17.1. The van der Waals surface area contributed by atoms with Crippen LogP contribution in [0.1, 0.15) is 30.3 Å². The number of carbonyl (C=O) groups excluding carboxylic acids is 1. The summed E-state index contributed by atoms with van der Waals surface area (Å²) in [5.41, 5.74) is 1.19. The number of nitrogens with zero attached hydrogens (tertiary/aromatic N) is 5. The molecule has 3 rings (SSSR count). The standard InChI is InChI=1S/C16H20N6O2/c1-11-5-6-15(23)22(20-11)10-16(24)21-7-3-4-13(21)12-8-18-9-14(17-2)19-12/h5-6,8-9,13H,3-4,7,10H2,1-2H3,(H,17,19)/t13-/m1/s1. The highest BCUT2D eigenvalue weighted by Crippen LogP contribution is 2.31. The molecule has 1 aliphatic rings. The van der Waals surface area contributed by atoms with Crippen molar-refractivity contribution in [1.82, 2.24) is 24.6 Å². The van der Waals surface area contributed by atoms with Crippen molar-refractivity contribution in [3.05, 3.63) is 46.3 Å². The Bertz CT molecular complexity index is 803. The maximum absolute atomic E-state index is 12.7. The Labute approximate surface area is 139 Å². The van der Waals surface area contributed by atoms with Crippen LogP contribution in [0.4, 0.5) is 5.82 Å². The fraction of sp³-hybridized carbons (Fsp3) is 0.438. The molecule has 1 amide bonds. The maximum Gasteiger partial charge on any atom is 0.267 e. The molecule has 0 unspecified atom stereocenters. The quantitative estimate of drug-likeness (QED) is 0.890. The molecule has 2 aromatic rings. The van der Waals surface area contributed by atoms with Crippen LogP contribution in [0.5, 0.6) is 0 Å². The molecule has 1 fully saturated rings. The van der Waals surface area contributed by atoms with Gasteiger partial charge in [-0.3, -0.25) is 14.6 Å². The van der Waals surface area contributed by atoms with Crippen molar-refractivity contribution in [3.8, 4) is 0 Å². The van der Waals surface area contributed by atoms with Gasteiger partial charge in [-0.25, -0.2) is 9.67 Å². The van der Waals surface area contributed by atoms with E-state index >= 15 is 0 Å². The number of aryl methyl sites for hydroxylation is 1. The smallest absolute Gasteiger partial charge is 0.267 e. The van der Waals surface area contributed by atoms with E-state index in [1.54, 1.807) is 37.3 Å². The summed E-state index contributed by atoms with van der Waals surface area (Å²) in [6.45, 7) is 2.38. The second-order valence-electron chi connectivity index (χ2n) is 5.79. The van der Waals surface area contributed by atoms with E-state index in [9.17, 15) is 9.59 Å². The summed E-state index contributed by atoms with van der Waals surface area (Å²) >= 11 is 0. The molecule has 3 heterocycles. The van der Waals surface area contributed by atoms with E-state index in [0.717, 1.165) is 18.5 Å². The molecule has 1 aliphatic heterocycles. The molecule has 0 bridgehead atoms. The van der Waals surface area contributed by atoms with Crippen LogP contribution in [-0.2, 0) is 11.3 Å². The van der Waals surface area contributed by atoms with Crippen LogP contribution in [0, 0.1) is 6.92 Å². The molecule has 0 saturated carbocycles. The number of likely N-dealkylation sites (tertiary alicyclic amines) is 1. The topological polar surface area (TPSA) is 93.0 Å². The van der Waals surface area contributed by atoms with E-state index in [4.69, 9.17) is 0 Å². The zero-order valence-electron chi connectivity index (χ0n) is 13.8. The summed E-state index contributed by atoms with van der Waals surface area (Å²) in [5.74, 6) is 0.540. The van der Waals surface area contributed by atoms with Gasteiger partial charge in [0.25, 0.3) is 5.56 Å². The van der Waals surface area contributed by atoms with E-state index in [0.29, 0.717) is 18.1 Å². The molecular formula is C16H20N6O2. The summed E-state index contributed by atoms with van der Waals surface area (Å²) < 4.78 is 1.21. The average Bonchev–Trinajstić information content (AvgIpc) is 3.08. The third-order valence-corrected chi connectivity index (χ3v) is 4.11. The molecule has 1 saturated heterocycles. The third-order valence-electron chi connectivity index (χ3n) is 4.11. The lowest BCUT2D eigenvalue weighted by Gasteiger charge is -2.24. The summed E-state index contributed by atoms with van der Waals surface area (Å²) in [6.07, 6.45) is 5.07. The van der Waals surface area contributed by atoms with Gasteiger partial charge in [-0.15, -0.1) is 0 Å². The van der Waals surface area contributed by atoms with Crippen molar-refractivity contribution in [3.63, 3.8) is 0 Å². The number of anilines is 1. The van der Waals surface area contributed by atoms with Gasteiger partial charge in [0, 0.05) is 19.7 Å². The van der Waals surface area contributed by atoms with Crippen LogP contribution < -0.4 is 10.9 Å². The van der Waals surface area contributed by atoms with Gasteiger partial charge in [0.15, 0.2) is 0 Å². The third kappa shape index (κ3) is 3.27. The van der Waals surface area contributed by atoms with Crippen LogP contribution in [0.2, 0.25) is 0 Å². The second kappa shape index (κ2) is 6.77. The number of aromatic nitrogens is 4. The summed E-state index contributed by atoms with van der Waals surface area (Å²) in [5, 5.41) is 7.08. The number of nitrogens with one attached hydrogen (secondary N) is 1. The Morgan fingerprint density at radius 2 is 2.21 bits per heavy atom. The zero-order valence-corrected chi connectivity index (χ0v) is 13.8. The minimum atomic E-state index is -0.276. The van der Waals surface area contributed by atoms with Crippen molar-refractivity contribution in [1.29, 1.82) is 0 Å². The molecule has 1 N–H and O–H groups in total. The highest BCUT2D eigenvalue weighted by molar-refractivity contribution is 5.76. The van der Waals surface area contributed by atoms with Gasteiger partial charge in [-0.2, -0.15) is 5.10 Å². The van der Waals surface area contributed by atoms with E-state index in [1.807, 2.05) is 0 Å². The van der Waals surface area contributed by atoms with Gasteiger partial charge in [0.05, 0.1) is 29.8 Å². The first-order valence-corrected chi connectivity index (χ1v) is 7.92.